The summed E-state index contributed by atoms with van der Waals surface area (Å²) in [5.74, 6) is 5.12. The Morgan fingerprint density at radius 3 is 2.59 bits per heavy atom. The first-order valence-corrected chi connectivity index (χ1v) is 5.61. The standard InChI is InChI=1S/C13H17N3O/c1-10-13(9-17-14)11(2)16(15-10)8-12-6-4-3-5-7-12/h3-7H,8-9,14H2,1-2H3. The predicted molar refractivity (Wildman–Crippen MR) is 66.2 cm³/mol. The molecule has 2 N–H and O–H groups in total. The number of nitrogens with zero attached hydrogens (tertiary/aromatic N) is 2. The summed E-state index contributed by atoms with van der Waals surface area (Å²) in [6.07, 6.45) is 0. The topological polar surface area (TPSA) is 53.1 Å². The first-order valence-electron chi connectivity index (χ1n) is 5.61. The molecule has 17 heavy (non-hydrogen) atoms. The van der Waals surface area contributed by atoms with Gasteiger partial charge in [0.15, 0.2) is 0 Å². The molecule has 4 nitrogen and oxygen atoms in total. The maximum atomic E-state index is 5.12. The molecule has 0 radical (unpaired) electrons. The van der Waals surface area contributed by atoms with Crippen molar-refractivity contribution in [3.63, 3.8) is 0 Å². The Labute approximate surface area is 101 Å². The molecule has 0 aliphatic heterocycles. The average Bonchev–Trinajstić information content (AvgIpc) is 2.59. The van der Waals surface area contributed by atoms with Gasteiger partial charge in [-0.25, -0.2) is 5.90 Å². The highest BCUT2D eigenvalue weighted by Crippen LogP contribution is 2.15. The number of rotatable bonds is 4. The van der Waals surface area contributed by atoms with Gasteiger partial charge in [-0.2, -0.15) is 5.10 Å². The van der Waals surface area contributed by atoms with E-state index in [1.165, 1.54) is 5.56 Å². The van der Waals surface area contributed by atoms with Crippen molar-refractivity contribution in [2.45, 2.75) is 27.0 Å². The van der Waals surface area contributed by atoms with Crippen LogP contribution >= 0.6 is 0 Å². The van der Waals surface area contributed by atoms with Gasteiger partial charge in [-0.15, -0.1) is 0 Å². The van der Waals surface area contributed by atoms with Gasteiger partial charge in [0, 0.05) is 11.3 Å². The number of hydrogen-bond donors (Lipinski definition) is 1. The van der Waals surface area contributed by atoms with E-state index in [9.17, 15) is 0 Å². The van der Waals surface area contributed by atoms with E-state index in [1.54, 1.807) is 0 Å². The summed E-state index contributed by atoms with van der Waals surface area (Å²) in [6.45, 7) is 5.20. The lowest BCUT2D eigenvalue weighted by Crippen LogP contribution is -2.05. The van der Waals surface area contributed by atoms with Crippen molar-refractivity contribution in [3.8, 4) is 0 Å². The third-order valence-electron chi connectivity index (χ3n) is 2.93. The van der Waals surface area contributed by atoms with Gasteiger partial charge in [-0.05, 0) is 19.4 Å². The number of hydrogen-bond acceptors (Lipinski definition) is 3. The van der Waals surface area contributed by atoms with Crippen LogP contribution in [0.4, 0.5) is 0 Å². The van der Waals surface area contributed by atoms with Gasteiger partial charge >= 0.3 is 0 Å². The molecule has 0 saturated heterocycles. The van der Waals surface area contributed by atoms with Crippen LogP contribution in [0.2, 0.25) is 0 Å². The van der Waals surface area contributed by atoms with Gasteiger partial charge < -0.3 is 0 Å². The second-order valence-corrected chi connectivity index (χ2v) is 4.10. The van der Waals surface area contributed by atoms with Crippen LogP contribution in [0.5, 0.6) is 0 Å². The summed E-state index contributed by atoms with van der Waals surface area (Å²) in [4.78, 5) is 4.70. The van der Waals surface area contributed by atoms with Crippen molar-refractivity contribution < 1.29 is 4.84 Å². The Morgan fingerprint density at radius 2 is 1.94 bits per heavy atom. The highest BCUT2D eigenvalue weighted by atomic mass is 16.6. The van der Waals surface area contributed by atoms with Gasteiger partial charge in [0.05, 0.1) is 18.8 Å². The van der Waals surface area contributed by atoms with Crippen LogP contribution in [-0.4, -0.2) is 9.78 Å². The monoisotopic (exact) mass is 231 g/mol. The minimum atomic E-state index is 0.409. The number of benzene rings is 1. The first kappa shape index (κ1) is 11.8. The SMILES string of the molecule is Cc1nn(Cc2ccccc2)c(C)c1CON. The fourth-order valence-corrected chi connectivity index (χ4v) is 1.94. The van der Waals surface area contributed by atoms with E-state index >= 15 is 0 Å². The number of nitrogens with two attached hydrogens (primary N) is 1. The summed E-state index contributed by atoms with van der Waals surface area (Å²) in [5, 5.41) is 4.51. The Balaban J connectivity index is 2.25. The molecular weight excluding hydrogens is 214 g/mol. The van der Waals surface area contributed by atoms with E-state index in [0.29, 0.717) is 6.61 Å². The molecule has 0 aliphatic carbocycles. The normalized spacial score (nSPS) is 10.8. The van der Waals surface area contributed by atoms with E-state index < -0.39 is 0 Å². The third-order valence-corrected chi connectivity index (χ3v) is 2.93. The Morgan fingerprint density at radius 1 is 1.24 bits per heavy atom. The van der Waals surface area contributed by atoms with Gasteiger partial charge in [0.25, 0.3) is 0 Å². The molecule has 1 heterocycles. The highest BCUT2D eigenvalue weighted by Gasteiger charge is 2.11. The van der Waals surface area contributed by atoms with E-state index in [4.69, 9.17) is 10.7 Å². The van der Waals surface area contributed by atoms with Gasteiger partial charge in [-0.1, -0.05) is 30.3 Å². The van der Waals surface area contributed by atoms with Crippen LogP contribution in [0.3, 0.4) is 0 Å². The molecular formula is C13H17N3O. The highest BCUT2D eigenvalue weighted by molar-refractivity contribution is 5.25. The lowest BCUT2D eigenvalue weighted by atomic mass is 10.2. The largest absolute Gasteiger partial charge is 0.300 e. The summed E-state index contributed by atoms with van der Waals surface area (Å²) < 4.78 is 1.99. The minimum Gasteiger partial charge on any atom is -0.300 e. The molecule has 1 aromatic carbocycles. The molecule has 0 bridgehead atoms. The quantitative estimate of drug-likeness (QED) is 0.818. The van der Waals surface area contributed by atoms with E-state index in [1.807, 2.05) is 36.7 Å². The molecule has 0 saturated carbocycles. The van der Waals surface area contributed by atoms with Crippen molar-refractivity contribution in [2.24, 2.45) is 5.90 Å². The Kier molecular flexibility index (Phi) is 3.56. The molecule has 0 unspecified atom stereocenters. The van der Waals surface area contributed by atoms with Crippen LogP contribution in [-0.2, 0) is 18.0 Å². The van der Waals surface area contributed by atoms with Crippen molar-refractivity contribution in [3.05, 3.63) is 52.8 Å². The van der Waals surface area contributed by atoms with Gasteiger partial charge in [0.2, 0.25) is 0 Å². The molecule has 0 spiro atoms. The van der Waals surface area contributed by atoms with Crippen LogP contribution in [0.15, 0.2) is 30.3 Å². The molecule has 0 aliphatic rings. The molecule has 90 valence electrons. The second-order valence-electron chi connectivity index (χ2n) is 4.10. The molecule has 0 fully saturated rings. The smallest absolute Gasteiger partial charge is 0.0965 e. The summed E-state index contributed by atoms with van der Waals surface area (Å²) in [6, 6.07) is 10.3. The van der Waals surface area contributed by atoms with Crippen LogP contribution in [0.25, 0.3) is 0 Å². The van der Waals surface area contributed by atoms with Crippen LogP contribution in [0.1, 0.15) is 22.5 Å². The zero-order valence-corrected chi connectivity index (χ0v) is 10.2. The second kappa shape index (κ2) is 5.12. The van der Waals surface area contributed by atoms with E-state index in [2.05, 4.69) is 17.2 Å². The zero-order chi connectivity index (χ0) is 12.3. The van der Waals surface area contributed by atoms with Gasteiger partial charge in [0.1, 0.15) is 0 Å². The maximum Gasteiger partial charge on any atom is 0.0965 e. The molecule has 1 aromatic heterocycles. The average molecular weight is 231 g/mol. The molecule has 0 amide bonds. The Hall–Kier alpha value is -1.65. The molecule has 0 atom stereocenters. The lowest BCUT2D eigenvalue weighted by molar-refractivity contribution is 0.123. The van der Waals surface area contributed by atoms with E-state index in [-0.39, 0.29) is 0 Å². The van der Waals surface area contributed by atoms with Crippen molar-refractivity contribution >= 4 is 0 Å². The fraction of sp³-hybridized carbons (Fsp3) is 0.308. The molecule has 2 aromatic rings. The molecule has 2 rings (SSSR count). The summed E-state index contributed by atoms with van der Waals surface area (Å²) in [7, 11) is 0. The van der Waals surface area contributed by atoms with Crippen molar-refractivity contribution in [1.82, 2.24) is 9.78 Å². The van der Waals surface area contributed by atoms with Crippen molar-refractivity contribution in [2.75, 3.05) is 0 Å². The van der Waals surface area contributed by atoms with Gasteiger partial charge in [-0.3, -0.25) is 9.52 Å². The fourth-order valence-electron chi connectivity index (χ4n) is 1.94. The number of aryl methyl sites for hydroxylation is 1. The van der Waals surface area contributed by atoms with E-state index in [0.717, 1.165) is 23.5 Å². The van der Waals surface area contributed by atoms with Crippen LogP contribution < -0.4 is 5.90 Å². The maximum absolute atomic E-state index is 5.12. The molecule has 4 heteroatoms. The van der Waals surface area contributed by atoms with Crippen LogP contribution in [0, 0.1) is 13.8 Å². The minimum absolute atomic E-state index is 0.409. The number of aromatic nitrogens is 2. The zero-order valence-electron chi connectivity index (χ0n) is 10.2. The predicted octanol–water partition coefficient (Wildman–Crippen LogP) is 1.94. The van der Waals surface area contributed by atoms with Crippen molar-refractivity contribution in [1.29, 1.82) is 0 Å². The lowest BCUT2D eigenvalue weighted by Gasteiger charge is -2.05. The third kappa shape index (κ3) is 2.54. The summed E-state index contributed by atoms with van der Waals surface area (Å²) in [5.41, 5.74) is 4.39. The first-order chi connectivity index (χ1) is 8.22. The summed E-state index contributed by atoms with van der Waals surface area (Å²) >= 11 is 0. The Bertz CT molecular complexity index is 491.